The Morgan fingerprint density at radius 2 is 2.07 bits per heavy atom. The van der Waals surface area contributed by atoms with Crippen molar-refractivity contribution in [1.29, 1.82) is 0 Å². The number of ether oxygens (including phenoxy) is 1. The number of benzene rings is 2. The van der Waals surface area contributed by atoms with E-state index in [9.17, 15) is 9.18 Å². The van der Waals surface area contributed by atoms with Gasteiger partial charge in [-0.15, -0.1) is 0 Å². The predicted octanol–water partition coefficient (Wildman–Crippen LogP) is 5.86. The summed E-state index contributed by atoms with van der Waals surface area (Å²) in [4.78, 5) is 12.6. The molecule has 0 radical (unpaired) electrons. The fourth-order valence-electron chi connectivity index (χ4n) is 5.16. The SMILES string of the molecule is C[N+]1(C)[C@@H]2CCC[C@@]1(COC(=O)Nc1cc(F)ccc1-c1cccc(Cl)c1)CC2. The van der Waals surface area contributed by atoms with Gasteiger partial charge in [0.2, 0.25) is 0 Å². The topological polar surface area (TPSA) is 38.3 Å². The van der Waals surface area contributed by atoms with Gasteiger partial charge in [0.15, 0.2) is 0 Å². The van der Waals surface area contributed by atoms with Crippen molar-refractivity contribution < 1.29 is 18.4 Å². The summed E-state index contributed by atoms with van der Waals surface area (Å²) in [5.74, 6) is -0.423. The number of carbonyl (C=O) groups excluding carboxylic acids is 1. The van der Waals surface area contributed by atoms with Crippen molar-refractivity contribution in [1.82, 2.24) is 0 Å². The first-order valence-electron chi connectivity index (χ1n) is 10.1. The van der Waals surface area contributed by atoms with Gasteiger partial charge in [0.05, 0.1) is 25.8 Å². The Morgan fingerprint density at radius 3 is 2.86 bits per heavy atom. The number of piperidine rings is 1. The van der Waals surface area contributed by atoms with Gasteiger partial charge in [-0.2, -0.15) is 0 Å². The summed E-state index contributed by atoms with van der Waals surface area (Å²) in [7, 11) is 4.50. The lowest BCUT2D eigenvalue weighted by atomic mass is 9.87. The van der Waals surface area contributed by atoms with Crippen LogP contribution in [0.1, 0.15) is 32.1 Å². The lowest BCUT2D eigenvalue weighted by Crippen LogP contribution is -2.63. The highest BCUT2D eigenvalue weighted by atomic mass is 35.5. The molecule has 154 valence electrons. The summed E-state index contributed by atoms with van der Waals surface area (Å²) in [6, 6.07) is 12.2. The molecule has 2 atom stereocenters. The molecular formula is C23H27ClFN2O2+. The second-order valence-corrected chi connectivity index (χ2v) is 9.19. The van der Waals surface area contributed by atoms with Crippen molar-refractivity contribution in [3.8, 4) is 11.1 Å². The Morgan fingerprint density at radius 1 is 1.24 bits per heavy atom. The monoisotopic (exact) mass is 417 g/mol. The first kappa shape index (κ1) is 20.2. The third kappa shape index (κ3) is 3.74. The Hall–Kier alpha value is -2.11. The molecule has 4 nitrogen and oxygen atoms in total. The zero-order chi connectivity index (χ0) is 20.6. The number of nitrogens with one attached hydrogen (secondary N) is 1. The van der Waals surface area contributed by atoms with Gasteiger partial charge in [0.1, 0.15) is 18.0 Å². The van der Waals surface area contributed by atoms with E-state index in [1.165, 1.54) is 31.4 Å². The molecule has 6 heteroatoms. The molecule has 2 aliphatic heterocycles. The summed E-state index contributed by atoms with van der Waals surface area (Å²) in [5.41, 5.74) is 1.85. The second-order valence-electron chi connectivity index (χ2n) is 8.75. The van der Waals surface area contributed by atoms with Gasteiger partial charge in [-0.05, 0) is 48.7 Å². The highest BCUT2D eigenvalue weighted by Gasteiger charge is 2.58. The Labute approximate surface area is 176 Å². The average molecular weight is 418 g/mol. The minimum atomic E-state index is -0.553. The lowest BCUT2D eigenvalue weighted by Gasteiger charge is -2.49. The molecule has 2 aromatic rings. The van der Waals surface area contributed by atoms with E-state index in [0.717, 1.165) is 22.9 Å². The Balaban J connectivity index is 1.50. The minimum Gasteiger partial charge on any atom is -0.443 e. The maximum absolute atomic E-state index is 13.9. The zero-order valence-electron chi connectivity index (χ0n) is 16.9. The van der Waals surface area contributed by atoms with Crippen LogP contribution >= 0.6 is 11.6 Å². The summed E-state index contributed by atoms with van der Waals surface area (Å²) < 4.78 is 20.5. The van der Waals surface area contributed by atoms with Crippen molar-refractivity contribution in [2.45, 2.75) is 43.7 Å². The van der Waals surface area contributed by atoms with Crippen molar-refractivity contribution >= 4 is 23.4 Å². The first-order valence-corrected chi connectivity index (χ1v) is 10.5. The van der Waals surface area contributed by atoms with Gasteiger partial charge in [0.25, 0.3) is 0 Å². The molecule has 0 spiro atoms. The largest absolute Gasteiger partial charge is 0.443 e. The summed E-state index contributed by atoms with van der Waals surface area (Å²) >= 11 is 6.09. The molecule has 2 aliphatic rings. The van der Waals surface area contributed by atoms with Gasteiger partial charge in [-0.25, -0.2) is 9.18 Å². The molecule has 4 rings (SSSR count). The van der Waals surface area contributed by atoms with Crippen LogP contribution in [0, 0.1) is 5.82 Å². The number of halogens is 2. The molecule has 0 unspecified atom stereocenters. The smallest absolute Gasteiger partial charge is 0.411 e. The van der Waals surface area contributed by atoms with E-state index in [-0.39, 0.29) is 5.54 Å². The number of likely N-dealkylation sites (N-methyl/N-ethyl adjacent to an activating group) is 1. The van der Waals surface area contributed by atoms with Gasteiger partial charge in [0, 0.05) is 29.8 Å². The van der Waals surface area contributed by atoms with Gasteiger partial charge in [-0.3, -0.25) is 5.32 Å². The van der Waals surface area contributed by atoms with E-state index in [2.05, 4.69) is 19.4 Å². The summed E-state index contributed by atoms with van der Waals surface area (Å²) in [6.45, 7) is 0.379. The molecule has 0 aliphatic carbocycles. The van der Waals surface area contributed by atoms with Crippen LogP contribution in [0.5, 0.6) is 0 Å². The molecule has 2 bridgehead atoms. The highest BCUT2D eigenvalue weighted by Crippen LogP contribution is 2.48. The number of quaternary nitrogens is 1. The van der Waals surface area contributed by atoms with E-state index in [1.807, 2.05) is 12.1 Å². The van der Waals surface area contributed by atoms with Crippen molar-refractivity contribution in [2.75, 3.05) is 26.0 Å². The third-order valence-corrected chi connectivity index (χ3v) is 7.32. The molecule has 2 heterocycles. The van der Waals surface area contributed by atoms with Crippen LogP contribution in [0.4, 0.5) is 14.9 Å². The number of rotatable bonds is 4. The zero-order valence-corrected chi connectivity index (χ0v) is 17.6. The maximum atomic E-state index is 13.9. The number of anilines is 1. The van der Waals surface area contributed by atoms with E-state index < -0.39 is 11.9 Å². The summed E-state index contributed by atoms with van der Waals surface area (Å²) in [5, 5.41) is 3.32. The van der Waals surface area contributed by atoms with Crippen molar-refractivity contribution in [3.63, 3.8) is 0 Å². The van der Waals surface area contributed by atoms with Crippen LogP contribution in [-0.4, -0.2) is 42.9 Å². The van der Waals surface area contributed by atoms with Crippen LogP contribution in [0.2, 0.25) is 5.02 Å². The highest BCUT2D eigenvalue weighted by molar-refractivity contribution is 6.30. The van der Waals surface area contributed by atoms with E-state index in [1.54, 1.807) is 18.2 Å². The normalized spacial score (nSPS) is 24.9. The van der Waals surface area contributed by atoms with Crippen LogP contribution in [0.25, 0.3) is 11.1 Å². The van der Waals surface area contributed by atoms with E-state index in [4.69, 9.17) is 16.3 Å². The standard InChI is InChI=1S/C23H26ClFN2O2/c1-27(2)19-7-4-11-23(27,12-10-19)15-29-22(28)26-21-14-18(25)8-9-20(21)16-5-3-6-17(24)13-16/h3,5-6,8-9,13-14,19H,4,7,10-12,15H2,1-2H3/p+1/t19-,23+/m1/s1. The van der Waals surface area contributed by atoms with Crippen molar-refractivity contribution in [2.24, 2.45) is 0 Å². The number of carbonyl (C=O) groups is 1. The van der Waals surface area contributed by atoms with Crippen LogP contribution in [0.15, 0.2) is 42.5 Å². The number of hydrogen-bond donors (Lipinski definition) is 1. The molecule has 1 N–H and O–H groups in total. The first-order chi connectivity index (χ1) is 13.8. The predicted molar refractivity (Wildman–Crippen MR) is 114 cm³/mol. The van der Waals surface area contributed by atoms with Gasteiger partial charge in [-0.1, -0.05) is 23.7 Å². The quantitative estimate of drug-likeness (QED) is 0.633. The Bertz CT molecular complexity index is 929. The van der Waals surface area contributed by atoms with Gasteiger partial charge >= 0.3 is 6.09 Å². The third-order valence-electron chi connectivity index (χ3n) is 7.08. The fourth-order valence-corrected chi connectivity index (χ4v) is 5.36. The average Bonchev–Trinajstić information content (AvgIpc) is 2.83. The second kappa shape index (κ2) is 7.62. The molecular weight excluding hydrogens is 391 g/mol. The molecule has 29 heavy (non-hydrogen) atoms. The minimum absolute atomic E-state index is 0.0159. The van der Waals surface area contributed by atoms with Crippen LogP contribution in [-0.2, 0) is 4.74 Å². The summed E-state index contributed by atoms with van der Waals surface area (Å²) in [6.07, 6.45) is 5.19. The molecule has 0 aromatic heterocycles. The lowest BCUT2D eigenvalue weighted by molar-refractivity contribution is -0.956. The van der Waals surface area contributed by atoms with Crippen LogP contribution in [0.3, 0.4) is 0 Å². The van der Waals surface area contributed by atoms with E-state index >= 15 is 0 Å². The molecule has 2 fully saturated rings. The molecule has 1 amide bonds. The van der Waals surface area contributed by atoms with Gasteiger partial charge < -0.3 is 9.22 Å². The van der Waals surface area contributed by atoms with E-state index in [0.29, 0.717) is 28.9 Å². The van der Waals surface area contributed by atoms with Crippen LogP contribution < -0.4 is 5.32 Å². The maximum Gasteiger partial charge on any atom is 0.411 e. The Kier molecular flexibility index (Phi) is 5.30. The number of hydrogen-bond acceptors (Lipinski definition) is 2. The molecule has 2 saturated heterocycles. The number of fused-ring (bicyclic) bond motifs is 2. The fraction of sp³-hybridized carbons (Fsp3) is 0.435. The molecule has 2 aromatic carbocycles. The number of nitrogens with zero attached hydrogens (tertiary/aromatic N) is 1. The van der Waals surface area contributed by atoms with Crippen molar-refractivity contribution in [3.05, 3.63) is 53.3 Å². The number of amides is 1. The molecule has 0 saturated carbocycles.